The van der Waals surface area contributed by atoms with Gasteiger partial charge in [-0.15, -0.1) is 0 Å². The standard InChI is InChI=1S/C25H38FN6O9PS/c1-7-36-19-16-18(30-23(28)31-19)32(12-29-16)21-25(6,26)17-14(40-21)10-39-42(35,41-17)38-8-9-43-22(34)24(4,5)11-37-20(33)15(27)13(2)3/h12-15,17,21H,7-11,27H2,1-6H3,(H2,28,30,31)/t14-,15+,17-,21-,25-,42?/m1/s1. The number of nitrogens with two attached hydrogens (primary N) is 2. The topological polar surface area (TPSA) is 202 Å². The van der Waals surface area contributed by atoms with Gasteiger partial charge in [0.15, 0.2) is 28.2 Å². The van der Waals surface area contributed by atoms with E-state index in [1.54, 1.807) is 34.6 Å². The van der Waals surface area contributed by atoms with Crippen molar-refractivity contribution in [2.75, 3.05) is 37.9 Å². The van der Waals surface area contributed by atoms with Crippen LogP contribution < -0.4 is 16.2 Å². The van der Waals surface area contributed by atoms with Gasteiger partial charge in [-0.25, -0.2) is 13.9 Å². The third-order valence-electron chi connectivity index (χ3n) is 6.94. The Morgan fingerprint density at radius 3 is 2.74 bits per heavy atom. The fraction of sp³-hybridized carbons (Fsp3) is 0.720. The maximum absolute atomic E-state index is 16.3. The summed E-state index contributed by atoms with van der Waals surface area (Å²) in [5.74, 6) is -0.553. The molecule has 0 amide bonds. The summed E-state index contributed by atoms with van der Waals surface area (Å²) in [4.78, 5) is 37.2. The number of halogens is 1. The largest absolute Gasteiger partial charge is 0.476 e. The van der Waals surface area contributed by atoms with E-state index in [-0.39, 0.29) is 59.6 Å². The number of alkyl halides is 1. The van der Waals surface area contributed by atoms with Gasteiger partial charge in [-0.1, -0.05) is 25.6 Å². The summed E-state index contributed by atoms with van der Waals surface area (Å²) in [5, 5.41) is -0.279. The molecule has 2 aliphatic rings. The average Bonchev–Trinajstić information content (AvgIpc) is 3.46. The van der Waals surface area contributed by atoms with Crippen molar-refractivity contribution in [1.82, 2.24) is 19.5 Å². The number of thioether (sulfide) groups is 1. The summed E-state index contributed by atoms with van der Waals surface area (Å²) in [5.41, 5.74) is 8.84. The number of aromatic nitrogens is 4. The van der Waals surface area contributed by atoms with Crippen molar-refractivity contribution in [3.8, 4) is 5.88 Å². The number of nitrogen functional groups attached to an aromatic ring is 1. The molecule has 2 aromatic rings. The first kappa shape index (κ1) is 33.5. The van der Waals surface area contributed by atoms with Gasteiger partial charge in [-0.05, 0) is 33.6 Å². The smallest absolute Gasteiger partial charge is 0.475 e. The molecule has 15 nitrogen and oxygen atoms in total. The fourth-order valence-electron chi connectivity index (χ4n) is 4.38. The minimum atomic E-state index is -4.20. The highest BCUT2D eigenvalue weighted by atomic mass is 32.2. The summed E-state index contributed by atoms with van der Waals surface area (Å²) in [6.45, 7) is 9.55. The van der Waals surface area contributed by atoms with Crippen molar-refractivity contribution in [2.24, 2.45) is 17.1 Å². The molecule has 4 N–H and O–H groups in total. The van der Waals surface area contributed by atoms with Gasteiger partial charge in [0, 0.05) is 5.75 Å². The van der Waals surface area contributed by atoms with E-state index < -0.39 is 49.4 Å². The molecule has 2 saturated heterocycles. The maximum atomic E-state index is 16.3. The minimum absolute atomic E-state index is 0.0862. The van der Waals surface area contributed by atoms with E-state index in [0.29, 0.717) is 6.61 Å². The van der Waals surface area contributed by atoms with Crippen LogP contribution >= 0.6 is 19.6 Å². The van der Waals surface area contributed by atoms with E-state index in [2.05, 4.69) is 15.0 Å². The number of hydrogen-bond donors (Lipinski definition) is 2. The van der Waals surface area contributed by atoms with Crippen molar-refractivity contribution >= 4 is 47.8 Å². The maximum Gasteiger partial charge on any atom is 0.475 e. The SMILES string of the molecule is CCOc1nc(N)nc2c1ncn2[C@@H]1O[C@@H]2COP(=O)(OCCSC(=O)C(C)(C)COC(=O)[C@@H](N)C(C)C)O[C@H]2[C@@]1(C)F. The van der Waals surface area contributed by atoms with E-state index in [1.165, 1.54) is 17.8 Å². The monoisotopic (exact) mass is 648 g/mol. The van der Waals surface area contributed by atoms with Gasteiger partial charge in [-0.2, -0.15) is 9.97 Å². The molecule has 1 unspecified atom stereocenters. The van der Waals surface area contributed by atoms with Gasteiger partial charge >= 0.3 is 13.8 Å². The Labute approximate surface area is 252 Å². The number of fused-ring (bicyclic) bond motifs is 2. The van der Waals surface area contributed by atoms with E-state index in [9.17, 15) is 14.2 Å². The zero-order chi connectivity index (χ0) is 31.7. The number of hydrogen-bond acceptors (Lipinski definition) is 15. The number of carbonyl (C=O) groups excluding carboxylic acids is 2. The van der Waals surface area contributed by atoms with Crippen LogP contribution in [0, 0.1) is 11.3 Å². The lowest BCUT2D eigenvalue weighted by atomic mass is 9.97. The van der Waals surface area contributed by atoms with Gasteiger partial charge in [0.1, 0.15) is 24.9 Å². The number of esters is 1. The Morgan fingerprint density at radius 2 is 2.07 bits per heavy atom. The lowest BCUT2D eigenvalue weighted by molar-refractivity contribution is -0.150. The molecular weight excluding hydrogens is 610 g/mol. The summed E-state index contributed by atoms with van der Waals surface area (Å²) in [6, 6.07) is -0.786. The normalized spacial score (nSPS) is 28.2. The molecule has 0 saturated carbocycles. The van der Waals surface area contributed by atoms with Crippen LogP contribution in [0.5, 0.6) is 5.88 Å². The number of rotatable bonds is 12. The number of imidazole rings is 1. The summed E-state index contributed by atoms with van der Waals surface area (Å²) < 4.78 is 63.8. The molecule has 0 radical (unpaired) electrons. The molecule has 4 rings (SSSR count). The van der Waals surface area contributed by atoms with Crippen LogP contribution in [-0.4, -0.2) is 86.7 Å². The second-order valence-corrected chi connectivity index (χ2v) is 14.0. The van der Waals surface area contributed by atoms with Crippen LogP contribution in [0.2, 0.25) is 0 Å². The highest BCUT2D eigenvalue weighted by Crippen LogP contribution is 2.59. The Balaban J connectivity index is 1.34. The average molecular weight is 649 g/mol. The lowest BCUT2D eigenvalue weighted by Gasteiger charge is -2.33. The summed E-state index contributed by atoms with van der Waals surface area (Å²) in [6.07, 6.45) is -2.20. The van der Waals surface area contributed by atoms with Crippen LogP contribution in [0.1, 0.15) is 47.8 Å². The Kier molecular flexibility index (Phi) is 10.1. The van der Waals surface area contributed by atoms with Crippen LogP contribution in [0.25, 0.3) is 11.2 Å². The van der Waals surface area contributed by atoms with Gasteiger partial charge in [-0.3, -0.25) is 27.7 Å². The molecule has 0 aliphatic carbocycles. The van der Waals surface area contributed by atoms with Gasteiger partial charge in [0.05, 0.1) is 31.6 Å². The quantitative estimate of drug-likeness (QED) is 0.193. The molecule has 18 heteroatoms. The molecule has 0 bridgehead atoms. The predicted octanol–water partition coefficient (Wildman–Crippen LogP) is 2.79. The van der Waals surface area contributed by atoms with E-state index >= 15 is 4.39 Å². The van der Waals surface area contributed by atoms with Crippen LogP contribution in [0.15, 0.2) is 6.33 Å². The molecular formula is C25H38FN6O9PS. The number of carbonyl (C=O) groups is 2. The molecule has 2 aromatic heterocycles. The number of nitrogens with zero attached hydrogens (tertiary/aromatic N) is 4. The first-order chi connectivity index (χ1) is 20.1. The Hall–Kier alpha value is -2.40. The van der Waals surface area contributed by atoms with Crippen molar-refractivity contribution in [3.63, 3.8) is 0 Å². The van der Waals surface area contributed by atoms with Crippen LogP contribution in [-0.2, 0) is 37.2 Å². The van der Waals surface area contributed by atoms with E-state index in [0.717, 1.165) is 11.8 Å². The first-order valence-electron chi connectivity index (χ1n) is 13.7. The van der Waals surface area contributed by atoms with Crippen LogP contribution in [0.4, 0.5) is 10.3 Å². The zero-order valence-corrected chi connectivity index (χ0v) is 26.6. The molecule has 2 aliphatic heterocycles. The number of ether oxygens (including phenoxy) is 3. The van der Waals surface area contributed by atoms with Crippen molar-refractivity contribution in [3.05, 3.63) is 6.33 Å². The first-order valence-corrected chi connectivity index (χ1v) is 16.2. The summed E-state index contributed by atoms with van der Waals surface area (Å²) >= 11 is 0.901. The fourth-order valence-corrected chi connectivity index (χ4v) is 6.77. The number of phosphoric acid groups is 1. The highest BCUT2D eigenvalue weighted by molar-refractivity contribution is 8.13. The second kappa shape index (κ2) is 12.9. The van der Waals surface area contributed by atoms with E-state index in [1.807, 2.05) is 0 Å². The van der Waals surface area contributed by atoms with Crippen molar-refractivity contribution < 1.29 is 46.3 Å². The molecule has 240 valence electrons. The number of anilines is 1. The Bertz CT molecular complexity index is 1390. The van der Waals surface area contributed by atoms with Crippen molar-refractivity contribution in [1.29, 1.82) is 0 Å². The van der Waals surface area contributed by atoms with E-state index in [4.69, 9.17) is 39.2 Å². The predicted molar refractivity (Wildman–Crippen MR) is 154 cm³/mol. The minimum Gasteiger partial charge on any atom is -0.476 e. The summed E-state index contributed by atoms with van der Waals surface area (Å²) in [7, 11) is -4.20. The molecule has 2 fully saturated rings. The molecule has 6 atom stereocenters. The van der Waals surface area contributed by atoms with Gasteiger partial charge in [0.2, 0.25) is 11.8 Å². The van der Waals surface area contributed by atoms with Gasteiger partial charge in [0.25, 0.3) is 0 Å². The molecule has 0 spiro atoms. The Morgan fingerprint density at radius 1 is 1.35 bits per heavy atom. The second-order valence-electron chi connectivity index (χ2n) is 11.3. The third kappa shape index (κ3) is 7.13. The number of phosphoric ester groups is 1. The molecule has 43 heavy (non-hydrogen) atoms. The molecule has 4 heterocycles. The van der Waals surface area contributed by atoms with Crippen LogP contribution in [0.3, 0.4) is 0 Å². The zero-order valence-electron chi connectivity index (χ0n) is 24.9. The molecule has 0 aromatic carbocycles. The third-order valence-corrected chi connectivity index (χ3v) is 9.58. The van der Waals surface area contributed by atoms with Crippen molar-refractivity contribution in [2.45, 2.75) is 71.7 Å². The van der Waals surface area contributed by atoms with Gasteiger partial charge < -0.3 is 25.7 Å². The lowest BCUT2D eigenvalue weighted by Crippen LogP contribution is -2.44. The highest BCUT2D eigenvalue weighted by Gasteiger charge is 2.61.